The summed E-state index contributed by atoms with van der Waals surface area (Å²) in [5, 5.41) is 0. The molecule has 1 aromatic rings. The Morgan fingerprint density at radius 3 is 2.42 bits per heavy atom. The summed E-state index contributed by atoms with van der Waals surface area (Å²) in [6.45, 7) is 6.72. The molecule has 0 saturated carbocycles. The first-order valence-electron chi connectivity index (χ1n) is 7.01. The van der Waals surface area contributed by atoms with Crippen molar-refractivity contribution >= 4 is 15.9 Å². The van der Waals surface area contributed by atoms with Crippen LogP contribution in [0.5, 0.6) is 0 Å². The number of hydrogen-bond donors (Lipinski definition) is 2. The van der Waals surface area contributed by atoms with Crippen molar-refractivity contribution in [1.82, 2.24) is 10.3 Å². The molecule has 2 rings (SSSR count). The molecule has 5 heteroatoms. The number of rotatable bonds is 4. The van der Waals surface area contributed by atoms with Crippen LogP contribution in [0.2, 0.25) is 0 Å². The Morgan fingerprint density at radius 1 is 1.32 bits per heavy atom. The van der Waals surface area contributed by atoms with Gasteiger partial charge < -0.3 is 4.42 Å². The van der Waals surface area contributed by atoms with Crippen LogP contribution in [-0.4, -0.2) is 23.5 Å². The molecule has 108 valence electrons. The van der Waals surface area contributed by atoms with Gasteiger partial charge in [0.1, 0.15) is 5.76 Å². The Morgan fingerprint density at radius 2 is 1.95 bits per heavy atom. The van der Waals surface area contributed by atoms with Gasteiger partial charge in [0.15, 0.2) is 0 Å². The van der Waals surface area contributed by atoms with Crippen molar-refractivity contribution in [1.29, 1.82) is 0 Å². The second-order valence-corrected chi connectivity index (χ2v) is 6.64. The van der Waals surface area contributed by atoms with Gasteiger partial charge in [-0.1, -0.05) is 12.8 Å². The van der Waals surface area contributed by atoms with Gasteiger partial charge in [-0.2, -0.15) is 0 Å². The van der Waals surface area contributed by atoms with Gasteiger partial charge in [0, 0.05) is 5.54 Å². The average molecular weight is 330 g/mol. The van der Waals surface area contributed by atoms with Gasteiger partial charge in [-0.25, -0.2) is 5.43 Å². The summed E-state index contributed by atoms with van der Waals surface area (Å²) in [6, 6.07) is 1.88. The van der Waals surface area contributed by atoms with Gasteiger partial charge in [-0.3, -0.25) is 10.7 Å². The number of hydrogen-bond acceptors (Lipinski definition) is 4. The van der Waals surface area contributed by atoms with E-state index in [1.807, 2.05) is 6.07 Å². The van der Waals surface area contributed by atoms with Crippen LogP contribution in [0.3, 0.4) is 0 Å². The first-order chi connectivity index (χ1) is 9.07. The molecule has 1 aliphatic rings. The highest BCUT2D eigenvalue weighted by Gasteiger charge is 2.38. The number of likely N-dealkylation sites (tertiary alicyclic amines) is 1. The van der Waals surface area contributed by atoms with Crippen LogP contribution in [-0.2, 0) is 0 Å². The van der Waals surface area contributed by atoms with Gasteiger partial charge in [0.05, 0.1) is 16.8 Å². The molecule has 1 atom stereocenters. The number of furan rings is 1. The van der Waals surface area contributed by atoms with Crippen LogP contribution < -0.4 is 11.3 Å². The highest BCUT2D eigenvalue weighted by Crippen LogP contribution is 2.36. The molecule has 0 amide bonds. The van der Waals surface area contributed by atoms with E-state index in [-0.39, 0.29) is 11.6 Å². The first-order valence-corrected chi connectivity index (χ1v) is 7.80. The minimum absolute atomic E-state index is 0.0324. The molecule has 19 heavy (non-hydrogen) atoms. The Kier molecular flexibility index (Phi) is 5.06. The third-order valence-corrected chi connectivity index (χ3v) is 4.86. The summed E-state index contributed by atoms with van der Waals surface area (Å²) in [5.41, 5.74) is 2.85. The molecule has 0 aliphatic carbocycles. The van der Waals surface area contributed by atoms with E-state index in [1.54, 1.807) is 6.26 Å². The van der Waals surface area contributed by atoms with Crippen LogP contribution in [0.25, 0.3) is 0 Å². The van der Waals surface area contributed by atoms with Crippen molar-refractivity contribution in [2.45, 2.75) is 51.1 Å². The quantitative estimate of drug-likeness (QED) is 0.658. The summed E-state index contributed by atoms with van der Waals surface area (Å²) < 4.78 is 6.58. The van der Waals surface area contributed by atoms with Crippen molar-refractivity contribution < 1.29 is 4.42 Å². The van der Waals surface area contributed by atoms with E-state index in [0.29, 0.717) is 0 Å². The maximum Gasteiger partial charge on any atom is 0.138 e. The molecule has 3 N–H and O–H groups in total. The Bertz CT molecular complexity index is 397. The zero-order valence-electron chi connectivity index (χ0n) is 11.8. The topological polar surface area (TPSA) is 54.4 Å². The van der Waals surface area contributed by atoms with E-state index in [9.17, 15) is 0 Å². The molecule has 4 nitrogen and oxygen atoms in total. The van der Waals surface area contributed by atoms with Gasteiger partial charge in [-0.15, -0.1) is 0 Å². The second-order valence-electron chi connectivity index (χ2n) is 5.79. The summed E-state index contributed by atoms with van der Waals surface area (Å²) in [4.78, 5) is 2.53. The molecule has 0 spiro atoms. The van der Waals surface area contributed by atoms with Gasteiger partial charge >= 0.3 is 0 Å². The molecule has 1 aliphatic heterocycles. The van der Waals surface area contributed by atoms with Gasteiger partial charge in [0.25, 0.3) is 0 Å². The second kappa shape index (κ2) is 6.39. The lowest BCUT2D eigenvalue weighted by Crippen LogP contribution is -2.54. The fraction of sp³-hybridized carbons (Fsp3) is 0.714. The highest BCUT2D eigenvalue weighted by atomic mass is 79.9. The Labute approximate surface area is 123 Å². The lowest BCUT2D eigenvalue weighted by molar-refractivity contribution is 0.0743. The van der Waals surface area contributed by atoms with Crippen molar-refractivity contribution in [2.75, 3.05) is 13.1 Å². The first kappa shape index (κ1) is 15.0. The number of halogens is 1. The minimum atomic E-state index is -0.0839. The zero-order valence-corrected chi connectivity index (χ0v) is 13.4. The van der Waals surface area contributed by atoms with E-state index in [2.05, 4.69) is 40.1 Å². The van der Waals surface area contributed by atoms with Crippen LogP contribution in [0.15, 0.2) is 21.2 Å². The van der Waals surface area contributed by atoms with Crippen molar-refractivity contribution in [3.05, 3.63) is 22.6 Å². The number of nitrogens with two attached hydrogens (primary N) is 1. The van der Waals surface area contributed by atoms with Crippen molar-refractivity contribution in [2.24, 2.45) is 5.84 Å². The van der Waals surface area contributed by atoms with E-state index < -0.39 is 0 Å². The van der Waals surface area contributed by atoms with E-state index in [0.717, 1.165) is 23.3 Å². The fourth-order valence-corrected chi connectivity index (χ4v) is 3.37. The molecule has 2 heterocycles. The third kappa shape index (κ3) is 3.21. The summed E-state index contributed by atoms with van der Waals surface area (Å²) in [7, 11) is 0. The molecule has 0 radical (unpaired) electrons. The van der Waals surface area contributed by atoms with Crippen molar-refractivity contribution in [3.8, 4) is 0 Å². The predicted molar refractivity (Wildman–Crippen MR) is 80.6 cm³/mol. The SMILES string of the molecule is CC(C)(C(NN)c1occc1Br)N1CCCCCC1. The average Bonchev–Trinajstić information content (AvgIpc) is 2.66. The third-order valence-electron chi connectivity index (χ3n) is 4.20. The normalized spacial score (nSPS) is 20.2. The predicted octanol–water partition coefficient (Wildman–Crippen LogP) is 3.20. The number of nitrogens with zero attached hydrogens (tertiary/aromatic N) is 1. The lowest BCUT2D eigenvalue weighted by Gasteiger charge is -2.42. The highest BCUT2D eigenvalue weighted by molar-refractivity contribution is 9.10. The van der Waals surface area contributed by atoms with E-state index >= 15 is 0 Å². The molecule has 0 aromatic carbocycles. The van der Waals surface area contributed by atoms with Gasteiger partial charge in [-0.05, 0) is 61.8 Å². The van der Waals surface area contributed by atoms with E-state index in [4.69, 9.17) is 10.3 Å². The van der Waals surface area contributed by atoms with Crippen LogP contribution in [0.1, 0.15) is 51.3 Å². The largest absolute Gasteiger partial charge is 0.466 e. The standard InChI is InChI=1S/C14H24BrN3O/c1-14(2,18-8-5-3-4-6-9-18)13(17-16)12-11(15)7-10-19-12/h7,10,13,17H,3-6,8-9,16H2,1-2H3. The van der Waals surface area contributed by atoms with E-state index in [1.165, 1.54) is 25.7 Å². The maximum absolute atomic E-state index is 5.81. The molecule has 1 fully saturated rings. The maximum atomic E-state index is 5.81. The van der Waals surface area contributed by atoms with Gasteiger partial charge in [0.2, 0.25) is 0 Å². The molecule has 1 aromatic heterocycles. The monoisotopic (exact) mass is 329 g/mol. The summed E-state index contributed by atoms with van der Waals surface area (Å²) in [6.07, 6.45) is 6.89. The Hall–Kier alpha value is -0.360. The number of hydrazine groups is 1. The minimum Gasteiger partial charge on any atom is -0.466 e. The van der Waals surface area contributed by atoms with Crippen molar-refractivity contribution in [3.63, 3.8) is 0 Å². The molecular weight excluding hydrogens is 306 g/mol. The Balaban J connectivity index is 2.22. The van der Waals surface area contributed by atoms with Crippen LogP contribution in [0, 0.1) is 0 Å². The van der Waals surface area contributed by atoms with Crippen LogP contribution in [0.4, 0.5) is 0 Å². The summed E-state index contributed by atoms with van der Waals surface area (Å²) in [5.74, 6) is 6.68. The molecule has 1 unspecified atom stereocenters. The summed E-state index contributed by atoms with van der Waals surface area (Å²) >= 11 is 3.53. The fourth-order valence-electron chi connectivity index (χ4n) is 2.94. The molecule has 1 saturated heterocycles. The smallest absolute Gasteiger partial charge is 0.138 e. The molecule has 0 bridgehead atoms. The van der Waals surface area contributed by atoms with Crippen LogP contribution >= 0.6 is 15.9 Å². The number of nitrogens with one attached hydrogen (secondary N) is 1. The zero-order chi connectivity index (χ0) is 13.9. The molecular formula is C14H24BrN3O. The lowest BCUT2D eigenvalue weighted by atomic mass is 9.90.